The Labute approximate surface area is 173 Å². The molecule has 4 aromatic carbocycles. The number of carbonyl (C=O) groups is 1. The number of phenolic OH excluding ortho intramolecular Hbond substituents is 1. The molecule has 0 aliphatic heterocycles. The van der Waals surface area contributed by atoms with Crippen LogP contribution in [-0.4, -0.2) is 11.1 Å². The zero-order valence-electron chi connectivity index (χ0n) is 15.5. The minimum absolute atomic E-state index is 0.217. The topological polar surface area (TPSA) is 75.4 Å². The summed E-state index contributed by atoms with van der Waals surface area (Å²) < 4.78 is 0. The molecule has 0 aromatic heterocycles. The van der Waals surface area contributed by atoms with Gasteiger partial charge in [-0.25, -0.2) is 4.79 Å². The van der Waals surface area contributed by atoms with E-state index in [0.717, 1.165) is 38.6 Å². The van der Waals surface area contributed by atoms with Crippen LogP contribution in [0.25, 0.3) is 33.0 Å². The standard InChI is InChI=1S/C24H19ClN2O2/c25-19-11-9-16(10-12-19)21-13-18-3-1-2-4-20(18)22(23(21)28)17-7-5-15(6-8-17)14-27-24(26)29/h1-13,28H,14H2,(H3,26,27,29). The predicted molar refractivity (Wildman–Crippen MR) is 118 cm³/mol. The Kier molecular flexibility index (Phi) is 5.10. The first-order valence-electron chi connectivity index (χ1n) is 9.16. The number of amides is 2. The second kappa shape index (κ2) is 7.86. The summed E-state index contributed by atoms with van der Waals surface area (Å²) in [5.41, 5.74) is 9.34. The van der Waals surface area contributed by atoms with Gasteiger partial charge in [-0.05, 0) is 45.7 Å². The van der Waals surface area contributed by atoms with E-state index in [0.29, 0.717) is 11.6 Å². The van der Waals surface area contributed by atoms with Gasteiger partial charge in [0, 0.05) is 22.7 Å². The van der Waals surface area contributed by atoms with Crippen LogP contribution in [0.5, 0.6) is 5.75 Å². The van der Waals surface area contributed by atoms with E-state index in [1.54, 1.807) is 0 Å². The van der Waals surface area contributed by atoms with Gasteiger partial charge in [0.1, 0.15) is 5.75 Å². The van der Waals surface area contributed by atoms with E-state index < -0.39 is 6.03 Å². The van der Waals surface area contributed by atoms with Crippen LogP contribution in [0.15, 0.2) is 78.9 Å². The van der Waals surface area contributed by atoms with Crippen molar-refractivity contribution in [1.82, 2.24) is 5.32 Å². The number of carbonyl (C=O) groups excluding carboxylic acids is 1. The third-order valence-corrected chi connectivity index (χ3v) is 5.14. The maximum absolute atomic E-state index is 11.2. The van der Waals surface area contributed by atoms with E-state index in [-0.39, 0.29) is 5.75 Å². The zero-order chi connectivity index (χ0) is 20.4. The normalized spacial score (nSPS) is 10.8. The molecule has 0 saturated carbocycles. The molecule has 4 aromatic rings. The smallest absolute Gasteiger partial charge is 0.312 e. The largest absolute Gasteiger partial charge is 0.507 e. The summed E-state index contributed by atoms with van der Waals surface area (Å²) in [5, 5.41) is 16.4. The van der Waals surface area contributed by atoms with Crippen LogP contribution >= 0.6 is 11.6 Å². The third kappa shape index (κ3) is 3.89. The molecule has 2 amide bonds. The third-order valence-electron chi connectivity index (χ3n) is 4.89. The van der Waals surface area contributed by atoms with E-state index in [1.165, 1.54) is 0 Å². The Morgan fingerprint density at radius 2 is 1.59 bits per heavy atom. The second-order valence-corrected chi connectivity index (χ2v) is 7.23. The molecule has 0 heterocycles. The molecule has 0 aliphatic rings. The monoisotopic (exact) mass is 402 g/mol. The summed E-state index contributed by atoms with van der Waals surface area (Å²) in [4.78, 5) is 10.9. The minimum Gasteiger partial charge on any atom is -0.507 e. The van der Waals surface area contributed by atoms with E-state index in [1.807, 2.05) is 78.9 Å². The van der Waals surface area contributed by atoms with Crippen LogP contribution in [0, 0.1) is 0 Å². The number of nitrogens with one attached hydrogen (secondary N) is 1. The lowest BCUT2D eigenvalue weighted by atomic mass is 9.91. The first-order chi connectivity index (χ1) is 14.0. The summed E-state index contributed by atoms with van der Waals surface area (Å²) in [5.74, 6) is 0.217. The van der Waals surface area contributed by atoms with Crippen molar-refractivity contribution in [3.05, 3.63) is 89.4 Å². The molecule has 5 heteroatoms. The Bertz CT molecular complexity index is 1190. The number of fused-ring (bicyclic) bond motifs is 1. The van der Waals surface area contributed by atoms with Crippen LogP contribution in [0.4, 0.5) is 4.79 Å². The van der Waals surface area contributed by atoms with E-state index >= 15 is 0 Å². The molecular weight excluding hydrogens is 384 g/mol. The van der Waals surface area contributed by atoms with E-state index in [4.69, 9.17) is 17.3 Å². The lowest BCUT2D eigenvalue weighted by molar-refractivity contribution is 0.248. The number of halogens is 1. The van der Waals surface area contributed by atoms with Gasteiger partial charge < -0.3 is 16.2 Å². The number of benzene rings is 4. The quantitative estimate of drug-likeness (QED) is 0.409. The summed E-state index contributed by atoms with van der Waals surface area (Å²) in [7, 11) is 0. The maximum Gasteiger partial charge on any atom is 0.312 e. The van der Waals surface area contributed by atoms with Crippen molar-refractivity contribution in [3.8, 4) is 28.0 Å². The summed E-state index contributed by atoms with van der Waals surface area (Å²) in [6.07, 6.45) is 0. The molecule has 0 unspecified atom stereocenters. The van der Waals surface area contributed by atoms with Crippen LogP contribution in [0.3, 0.4) is 0 Å². The summed E-state index contributed by atoms with van der Waals surface area (Å²) in [6, 6.07) is 24.5. The number of hydrogen-bond donors (Lipinski definition) is 3. The highest BCUT2D eigenvalue weighted by molar-refractivity contribution is 6.30. The van der Waals surface area contributed by atoms with Crippen molar-refractivity contribution in [1.29, 1.82) is 0 Å². The van der Waals surface area contributed by atoms with E-state index in [2.05, 4.69) is 5.32 Å². The molecule has 4 rings (SSSR count). The van der Waals surface area contributed by atoms with Gasteiger partial charge in [0.15, 0.2) is 0 Å². The Balaban J connectivity index is 1.85. The highest BCUT2D eigenvalue weighted by atomic mass is 35.5. The molecule has 0 spiro atoms. The molecule has 0 bridgehead atoms. The molecule has 0 fully saturated rings. The molecule has 0 atom stereocenters. The number of hydrogen-bond acceptors (Lipinski definition) is 2. The lowest BCUT2D eigenvalue weighted by Crippen LogP contribution is -2.28. The van der Waals surface area contributed by atoms with Gasteiger partial charge in [0.25, 0.3) is 0 Å². The van der Waals surface area contributed by atoms with Crippen molar-refractivity contribution in [2.24, 2.45) is 5.73 Å². The highest BCUT2D eigenvalue weighted by Crippen LogP contribution is 2.43. The first-order valence-corrected chi connectivity index (χ1v) is 9.54. The van der Waals surface area contributed by atoms with Crippen LogP contribution in [-0.2, 0) is 6.54 Å². The fourth-order valence-electron chi connectivity index (χ4n) is 3.46. The average molecular weight is 403 g/mol. The number of primary amides is 1. The van der Waals surface area contributed by atoms with Gasteiger partial charge in [-0.2, -0.15) is 0 Å². The van der Waals surface area contributed by atoms with Gasteiger partial charge in [0.2, 0.25) is 0 Å². The average Bonchev–Trinajstić information content (AvgIpc) is 2.73. The van der Waals surface area contributed by atoms with Gasteiger partial charge in [-0.3, -0.25) is 0 Å². The van der Waals surface area contributed by atoms with Crippen molar-refractivity contribution >= 4 is 28.4 Å². The minimum atomic E-state index is -0.562. The Morgan fingerprint density at radius 3 is 2.28 bits per heavy atom. The molecule has 144 valence electrons. The summed E-state index contributed by atoms with van der Waals surface area (Å²) in [6.45, 7) is 0.354. The van der Waals surface area contributed by atoms with Gasteiger partial charge in [0.05, 0.1) is 0 Å². The van der Waals surface area contributed by atoms with Crippen molar-refractivity contribution in [2.45, 2.75) is 6.54 Å². The molecular formula is C24H19ClN2O2. The lowest BCUT2D eigenvalue weighted by Gasteiger charge is -2.15. The maximum atomic E-state index is 11.2. The van der Waals surface area contributed by atoms with Crippen LogP contribution in [0.2, 0.25) is 5.02 Å². The molecule has 4 N–H and O–H groups in total. The second-order valence-electron chi connectivity index (χ2n) is 6.79. The van der Waals surface area contributed by atoms with Crippen molar-refractivity contribution in [2.75, 3.05) is 0 Å². The first kappa shape index (κ1) is 18.8. The fraction of sp³-hybridized carbons (Fsp3) is 0.0417. The number of urea groups is 1. The molecule has 0 radical (unpaired) electrons. The number of rotatable bonds is 4. The van der Waals surface area contributed by atoms with Crippen molar-refractivity contribution < 1.29 is 9.90 Å². The van der Waals surface area contributed by atoms with E-state index in [9.17, 15) is 9.90 Å². The van der Waals surface area contributed by atoms with Crippen LogP contribution < -0.4 is 11.1 Å². The number of phenols is 1. The molecule has 4 nitrogen and oxygen atoms in total. The van der Waals surface area contributed by atoms with Crippen LogP contribution in [0.1, 0.15) is 5.56 Å². The molecule has 0 aliphatic carbocycles. The summed E-state index contributed by atoms with van der Waals surface area (Å²) >= 11 is 6.02. The SMILES string of the molecule is NC(=O)NCc1ccc(-c2c(O)c(-c3ccc(Cl)cc3)cc3ccccc23)cc1. The van der Waals surface area contributed by atoms with Crippen molar-refractivity contribution in [3.63, 3.8) is 0 Å². The predicted octanol–water partition coefficient (Wildman–Crippen LogP) is 5.70. The molecule has 29 heavy (non-hydrogen) atoms. The molecule has 0 saturated heterocycles. The fourth-order valence-corrected chi connectivity index (χ4v) is 3.58. The van der Waals surface area contributed by atoms with Gasteiger partial charge in [-0.1, -0.05) is 72.3 Å². The highest BCUT2D eigenvalue weighted by Gasteiger charge is 2.16. The number of aromatic hydroxyl groups is 1. The number of nitrogens with two attached hydrogens (primary N) is 1. The van der Waals surface area contributed by atoms with Gasteiger partial charge in [-0.15, -0.1) is 0 Å². The van der Waals surface area contributed by atoms with Gasteiger partial charge >= 0.3 is 6.03 Å². The Hall–Kier alpha value is -3.50. The Morgan fingerprint density at radius 1 is 0.931 bits per heavy atom. The zero-order valence-corrected chi connectivity index (χ0v) is 16.3.